The van der Waals surface area contributed by atoms with Gasteiger partial charge in [-0.15, -0.1) is 0 Å². The molecule has 1 amide bonds. The largest absolute Gasteiger partial charge is 0.455 e. The Hall–Kier alpha value is -4.09. The number of furan rings is 1. The number of carbonyl (C=O) groups is 2. The maximum Gasteiger partial charge on any atom is 0.244 e. The van der Waals surface area contributed by atoms with Gasteiger partial charge >= 0.3 is 0 Å². The summed E-state index contributed by atoms with van der Waals surface area (Å²) in [7, 11) is -2.28. The fourth-order valence-corrected chi connectivity index (χ4v) is 6.19. The van der Waals surface area contributed by atoms with E-state index >= 15 is 0 Å². The number of hydrogen-bond acceptors (Lipinski definition) is 6. The van der Waals surface area contributed by atoms with E-state index in [-0.39, 0.29) is 36.0 Å². The van der Waals surface area contributed by atoms with Crippen molar-refractivity contribution < 1.29 is 31.2 Å². The fourth-order valence-electron chi connectivity index (χ4n) is 5.67. The summed E-state index contributed by atoms with van der Waals surface area (Å²) < 4.78 is 60.9. The summed E-state index contributed by atoms with van der Waals surface area (Å²) in [6, 6.07) is 13.6. The van der Waals surface area contributed by atoms with Crippen LogP contribution < -0.4 is 10.0 Å². The second-order valence-electron chi connectivity index (χ2n) is 10.9. The predicted octanol–water partition coefficient (Wildman–Crippen LogP) is 5.77. The van der Waals surface area contributed by atoms with E-state index in [1.54, 1.807) is 30.0 Å². The molecule has 4 aromatic rings. The Balaban J connectivity index is 1.62. The highest BCUT2D eigenvalue weighted by molar-refractivity contribution is 7.92. The molecule has 5 rings (SSSR count). The van der Waals surface area contributed by atoms with Crippen LogP contribution >= 0.6 is 0 Å². The van der Waals surface area contributed by atoms with Crippen molar-refractivity contribution in [3.05, 3.63) is 89.0 Å². The molecule has 1 aliphatic rings. The van der Waals surface area contributed by atoms with Crippen molar-refractivity contribution in [2.24, 2.45) is 5.73 Å². The first kappa shape index (κ1) is 30.4. The van der Waals surface area contributed by atoms with Crippen LogP contribution in [-0.2, 0) is 14.8 Å². The second-order valence-corrected chi connectivity index (χ2v) is 12.9. The van der Waals surface area contributed by atoms with E-state index in [2.05, 4.69) is 0 Å². The number of hydrogen-bond donors (Lipinski definition) is 1. The lowest BCUT2D eigenvalue weighted by atomic mass is 9.87. The van der Waals surface area contributed by atoms with Gasteiger partial charge in [0.2, 0.25) is 15.9 Å². The van der Waals surface area contributed by atoms with E-state index in [9.17, 15) is 26.8 Å². The summed E-state index contributed by atoms with van der Waals surface area (Å²) in [6.45, 7) is 2.36. The summed E-state index contributed by atoms with van der Waals surface area (Å²) >= 11 is 0. The van der Waals surface area contributed by atoms with Gasteiger partial charge in [0.1, 0.15) is 29.0 Å². The van der Waals surface area contributed by atoms with Crippen LogP contribution in [0.2, 0.25) is 0 Å². The molecular formula is C32H33F2N3O5S. The molecule has 0 unspecified atom stereocenters. The van der Waals surface area contributed by atoms with Gasteiger partial charge in [0.25, 0.3) is 0 Å². The number of fused-ring (bicyclic) bond motifs is 1. The van der Waals surface area contributed by atoms with Crippen molar-refractivity contribution in [1.29, 1.82) is 0 Å². The van der Waals surface area contributed by atoms with Crippen LogP contribution in [0.5, 0.6) is 0 Å². The molecule has 1 fully saturated rings. The lowest BCUT2D eigenvalue weighted by Gasteiger charge is -2.36. The van der Waals surface area contributed by atoms with Gasteiger partial charge in [0.05, 0.1) is 17.5 Å². The van der Waals surface area contributed by atoms with Crippen molar-refractivity contribution in [3.63, 3.8) is 0 Å². The van der Waals surface area contributed by atoms with E-state index in [4.69, 9.17) is 10.2 Å². The van der Waals surface area contributed by atoms with Gasteiger partial charge < -0.3 is 15.1 Å². The molecule has 43 heavy (non-hydrogen) atoms. The van der Waals surface area contributed by atoms with E-state index in [1.807, 2.05) is 0 Å². The number of likely N-dealkylation sites (tertiary alicyclic amines) is 1. The minimum absolute atomic E-state index is 0.1000. The molecule has 1 aliphatic heterocycles. The van der Waals surface area contributed by atoms with Gasteiger partial charge in [-0.05, 0) is 54.8 Å². The molecule has 2 N–H and O–H groups in total. The van der Waals surface area contributed by atoms with Crippen molar-refractivity contribution in [3.8, 4) is 11.3 Å². The number of anilines is 1. The van der Waals surface area contributed by atoms with Gasteiger partial charge in [0, 0.05) is 55.1 Å². The SMILES string of the molecule is CCC(=O)c1c(-c2ccc(F)cc2)oc2cc(N(C)S(C)(=O)=O)c([C@H]3CCCN(C(=O)[C@H](N)c4ccccc4F)C3)cc12. The van der Waals surface area contributed by atoms with E-state index < -0.39 is 33.6 Å². The Morgan fingerprint density at radius 2 is 1.81 bits per heavy atom. The number of halogens is 2. The monoisotopic (exact) mass is 609 g/mol. The molecule has 0 saturated carbocycles. The molecule has 0 spiro atoms. The van der Waals surface area contributed by atoms with Crippen LogP contribution in [0.1, 0.15) is 59.6 Å². The third-order valence-electron chi connectivity index (χ3n) is 8.06. The van der Waals surface area contributed by atoms with Crippen LogP contribution in [-0.4, -0.2) is 51.4 Å². The zero-order chi connectivity index (χ0) is 31.1. The zero-order valence-corrected chi connectivity index (χ0v) is 25.0. The van der Waals surface area contributed by atoms with Crippen molar-refractivity contribution >= 4 is 38.4 Å². The van der Waals surface area contributed by atoms with Gasteiger partial charge in [-0.2, -0.15) is 0 Å². The molecule has 0 aliphatic carbocycles. The minimum atomic E-state index is -3.71. The van der Waals surface area contributed by atoms with E-state index in [0.29, 0.717) is 52.7 Å². The molecular weight excluding hydrogens is 576 g/mol. The highest BCUT2D eigenvalue weighted by Crippen LogP contribution is 2.42. The number of piperidine rings is 1. The molecule has 3 aromatic carbocycles. The minimum Gasteiger partial charge on any atom is -0.455 e. The Morgan fingerprint density at radius 1 is 1.12 bits per heavy atom. The maximum absolute atomic E-state index is 14.4. The average molecular weight is 610 g/mol. The third kappa shape index (κ3) is 5.92. The van der Waals surface area contributed by atoms with Gasteiger partial charge in [0.15, 0.2) is 5.78 Å². The lowest BCUT2D eigenvalue weighted by Crippen LogP contribution is -2.44. The Morgan fingerprint density at radius 3 is 2.47 bits per heavy atom. The third-order valence-corrected chi connectivity index (χ3v) is 9.25. The molecule has 8 nitrogen and oxygen atoms in total. The fraction of sp³-hybridized carbons (Fsp3) is 0.312. The maximum atomic E-state index is 14.4. The van der Waals surface area contributed by atoms with Crippen LogP contribution in [0.15, 0.2) is 65.1 Å². The van der Waals surface area contributed by atoms with Crippen LogP contribution in [0.4, 0.5) is 14.5 Å². The average Bonchev–Trinajstić information content (AvgIpc) is 3.37. The van der Waals surface area contributed by atoms with Crippen LogP contribution in [0.3, 0.4) is 0 Å². The number of nitrogens with zero attached hydrogens (tertiary/aromatic N) is 2. The number of benzene rings is 3. The summed E-state index contributed by atoms with van der Waals surface area (Å²) in [6.07, 6.45) is 2.51. The van der Waals surface area contributed by atoms with Crippen LogP contribution in [0.25, 0.3) is 22.3 Å². The summed E-state index contributed by atoms with van der Waals surface area (Å²) in [5, 5.41) is 0.498. The molecule has 2 atom stereocenters. The Kier molecular flexibility index (Phi) is 8.40. The smallest absolute Gasteiger partial charge is 0.244 e. The Labute approximate surface area is 249 Å². The topological polar surface area (TPSA) is 114 Å². The molecule has 0 bridgehead atoms. The number of sulfonamides is 1. The first-order valence-electron chi connectivity index (χ1n) is 14.0. The van der Waals surface area contributed by atoms with Crippen molar-refractivity contribution in [2.45, 2.75) is 38.1 Å². The molecule has 226 valence electrons. The highest BCUT2D eigenvalue weighted by atomic mass is 32.2. The van der Waals surface area contributed by atoms with E-state index in [0.717, 1.165) is 10.6 Å². The lowest BCUT2D eigenvalue weighted by molar-refractivity contribution is -0.134. The molecule has 1 aromatic heterocycles. The van der Waals surface area contributed by atoms with Gasteiger partial charge in [-0.1, -0.05) is 25.1 Å². The molecule has 2 heterocycles. The first-order valence-corrected chi connectivity index (χ1v) is 15.9. The molecule has 0 radical (unpaired) electrons. The van der Waals surface area contributed by atoms with Crippen molar-refractivity contribution in [1.82, 2.24) is 4.90 Å². The predicted molar refractivity (Wildman–Crippen MR) is 161 cm³/mol. The summed E-state index contributed by atoms with van der Waals surface area (Å²) in [4.78, 5) is 28.3. The van der Waals surface area contributed by atoms with Crippen LogP contribution in [0, 0.1) is 11.6 Å². The number of Topliss-reactive ketones (excluding diaryl/α,β-unsaturated/α-hetero) is 1. The molecule has 1 saturated heterocycles. The number of rotatable bonds is 8. The number of nitrogens with two attached hydrogens (primary N) is 1. The Bertz CT molecular complexity index is 1800. The first-order chi connectivity index (χ1) is 20.4. The van der Waals surface area contributed by atoms with E-state index in [1.165, 1.54) is 49.5 Å². The van der Waals surface area contributed by atoms with Gasteiger partial charge in [-0.3, -0.25) is 13.9 Å². The molecule has 11 heteroatoms. The van der Waals surface area contributed by atoms with Gasteiger partial charge in [-0.25, -0.2) is 17.2 Å². The summed E-state index contributed by atoms with van der Waals surface area (Å²) in [5.74, 6) is -1.67. The quantitative estimate of drug-likeness (QED) is 0.254. The van der Waals surface area contributed by atoms with Crippen molar-refractivity contribution in [2.75, 3.05) is 30.7 Å². The standard InChI is InChI=1S/C32H33F2N3O5S/c1-4-27(38)29-24-16-23(20-8-7-15-37(18-20)32(39)30(35)22-9-5-6-10-25(22)34)26(36(2)43(3,40)41)17-28(24)42-31(29)19-11-13-21(33)14-12-19/h5-6,9-14,16-17,20,30H,4,7-8,15,18,35H2,1-3H3/t20-,30+/m0/s1. The number of amides is 1. The zero-order valence-electron chi connectivity index (χ0n) is 24.1. The highest BCUT2D eigenvalue weighted by Gasteiger charge is 2.33. The normalized spacial score (nSPS) is 16.3. The summed E-state index contributed by atoms with van der Waals surface area (Å²) in [5.41, 5.74) is 8.41. The number of ketones is 1. The second kappa shape index (κ2) is 11.9. The number of carbonyl (C=O) groups excluding carboxylic acids is 2.